The van der Waals surface area contributed by atoms with Crippen LogP contribution in [0.25, 0.3) is 0 Å². The standard InChI is InChI=1S/C12H18O4S.Na/c13-11(7-17(14,15)16)12-4-8-1-9(5-12)3-10(2-8)6-12;/h8-10H,1-7H2,(H,14,15,16);/q;+1/p-1. The zero-order valence-electron chi connectivity index (χ0n) is 10.7. The molecule has 4 rings (SSSR count). The molecule has 96 valence electrons. The van der Waals surface area contributed by atoms with Gasteiger partial charge >= 0.3 is 29.6 Å². The maximum atomic E-state index is 12.1. The summed E-state index contributed by atoms with van der Waals surface area (Å²) in [5.74, 6) is 0.698. The van der Waals surface area contributed by atoms with Crippen LogP contribution < -0.4 is 29.6 Å². The fourth-order valence-corrected chi connectivity index (χ4v) is 5.39. The number of rotatable bonds is 3. The largest absolute Gasteiger partial charge is 1.00 e. The SMILES string of the molecule is O=C(CS(=O)(=O)[O-])C12CC3CC(CC(C3)C1)C2.[Na+]. The van der Waals surface area contributed by atoms with Crippen LogP contribution in [0, 0.1) is 23.2 Å². The van der Waals surface area contributed by atoms with Gasteiger partial charge in [0.05, 0.1) is 5.75 Å². The normalized spacial score (nSPS) is 41.5. The van der Waals surface area contributed by atoms with Crippen molar-refractivity contribution in [3.63, 3.8) is 0 Å². The fraction of sp³-hybridized carbons (Fsp3) is 0.917. The fourth-order valence-electron chi connectivity index (χ4n) is 4.77. The van der Waals surface area contributed by atoms with Crippen molar-refractivity contribution in [2.24, 2.45) is 23.2 Å². The van der Waals surface area contributed by atoms with E-state index in [1.807, 2.05) is 0 Å². The van der Waals surface area contributed by atoms with Gasteiger partial charge in [-0.25, -0.2) is 8.42 Å². The van der Waals surface area contributed by atoms with Crippen molar-refractivity contribution in [1.29, 1.82) is 0 Å². The van der Waals surface area contributed by atoms with Crippen molar-refractivity contribution in [3.05, 3.63) is 0 Å². The topological polar surface area (TPSA) is 74.3 Å². The molecule has 6 heteroatoms. The van der Waals surface area contributed by atoms with E-state index in [0.29, 0.717) is 17.8 Å². The molecule has 4 saturated carbocycles. The van der Waals surface area contributed by atoms with Gasteiger partial charge in [0.15, 0.2) is 5.78 Å². The van der Waals surface area contributed by atoms with Crippen molar-refractivity contribution >= 4 is 15.9 Å². The van der Waals surface area contributed by atoms with Crippen molar-refractivity contribution in [3.8, 4) is 0 Å². The molecule has 0 spiro atoms. The van der Waals surface area contributed by atoms with E-state index in [-0.39, 0.29) is 35.3 Å². The molecule has 0 atom stereocenters. The molecule has 0 heterocycles. The molecule has 0 aliphatic heterocycles. The van der Waals surface area contributed by atoms with Crippen molar-refractivity contribution in [2.75, 3.05) is 5.75 Å². The predicted octanol–water partition coefficient (Wildman–Crippen LogP) is -1.68. The van der Waals surface area contributed by atoms with E-state index in [9.17, 15) is 17.8 Å². The Hall–Kier alpha value is 0.580. The first-order valence-electron chi connectivity index (χ1n) is 6.33. The summed E-state index contributed by atoms with van der Waals surface area (Å²) in [6.45, 7) is 0. The van der Waals surface area contributed by atoms with Gasteiger partial charge in [0.2, 0.25) is 0 Å². The second kappa shape index (κ2) is 4.85. The third-order valence-electron chi connectivity index (χ3n) is 4.94. The molecule has 18 heavy (non-hydrogen) atoms. The molecule has 0 aromatic carbocycles. The number of hydrogen-bond donors (Lipinski definition) is 0. The van der Waals surface area contributed by atoms with Crippen LogP contribution in [0.4, 0.5) is 0 Å². The zero-order chi connectivity index (χ0) is 12.3. The van der Waals surface area contributed by atoms with Gasteiger partial charge < -0.3 is 4.55 Å². The third-order valence-corrected chi connectivity index (χ3v) is 5.55. The Balaban J connectivity index is 0.00000120. The molecule has 0 saturated heterocycles. The molecular formula is C12H17NaO4S. The Kier molecular flexibility index (Phi) is 4.03. The number of Topliss-reactive ketones (excluding diaryl/α,β-unsaturated/α-hetero) is 1. The maximum absolute atomic E-state index is 12.1. The van der Waals surface area contributed by atoms with E-state index >= 15 is 0 Å². The van der Waals surface area contributed by atoms with Gasteiger partial charge in [-0.2, -0.15) is 0 Å². The molecule has 0 amide bonds. The summed E-state index contributed by atoms with van der Waals surface area (Å²) in [6, 6.07) is 0. The van der Waals surface area contributed by atoms with Gasteiger partial charge in [0, 0.05) is 5.41 Å². The van der Waals surface area contributed by atoms with Crippen LogP contribution in [-0.4, -0.2) is 24.5 Å². The summed E-state index contributed by atoms with van der Waals surface area (Å²) in [5.41, 5.74) is -0.452. The second-order valence-electron chi connectivity index (χ2n) is 6.32. The van der Waals surface area contributed by atoms with Gasteiger partial charge in [0.25, 0.3) is 0 Å². The average Bonchev–Trinajstić information content (AvgIpc) is 2.12. The Morgan fingerprint density at radius 2 is 1.44 bits per heavy atom. The molecule has 0 aromatic heterocycles. The van der Waals surface area contributed by atoms with Crippen molar-refractivity contribution in [1.82, 2.24) is 0 Å². The molecule has 4 fully saturated rings. The monoisotopic (exact) mass is 280 g/mol. The molecule has 0 N–H and O–H groups in total. The molecule has 0 radical (unpaired) electrons. The Morgan fingerprint density at radius 1 is 1.06 bits per heavy atom. The number of hydrogen-bond acceptors (Lipinski definition) is 4. The summed E-state index contributed by atoms with van der Waals surface area (Å²) in [6.07, 6.45) is 6.10. The van der Waals surface area contributed by atoms with Crippen LogP contribution >= 0.6 is 0 Å². The van der Waals surface area contributed by atoms with Crippen LogP contribution in [0.2, 0.25) is 0 Å². The molecule has 4 nitrogen and oxygen atoms in total. The third kappa shape index (κ3) is 2.70. The summed E-state index contributed by atoms with van der Waals surface area (Å²) in [7, 11) is -4.42. The van der Waals surface area contributed by atoms with Gasteiger partial charge in [-0.1, -0.05) is 0 Å². The molecule has 4 aliphatic rings. The van der Waals surface area contributed by atoms with Crippen LogP contribution in [0.1, 0.15) is 38.5 Å². The van der Waals surface area contributed by atoms with Crippen LogP contribution in [0.3, 0.4) is 0 Å². The maximum Gasteiger partial charge on any atom is 1.00 e. The second-order valence-corrected chi connectivity index (χ2v) is 7.73. The van der Waals surface area contributed by atoms with E-state index in [0.717, 1.165) is 19.3 Å². The minimum Gasteiger partial charge on any atom is -0.748 e. The number of carbonyl (C=O) groups is 1. The molecule has 0 aromatic rings. The van der Waals surface area contributed by atoms with E-state index < -0.39 is 21.3 Å². The first kappa shape index (κ1) is 15.0. The van der Waals surface area contributed by atoms with Crippen LogP contribution in [0.5, 0.6) is 0 Å². The van der Waals surface area contributed by atoms with Gasteiger partial charge in [-0.15, -0.1) is 0 Å². The van der Waals surface area contributed by atoms with E-state index in [1.165, 1.54) is 19.3 Å². The summed E-state index contributed by atoms with van der Waals surface area (Å²) in [4.78, 5) is 12.1. The molecule has 4 bridgehead atoms. The zero-order valence-corrected chi connectivity index (χ0v) is 13.5. The van der Waals surface area contributed by atoms with Gasteiger partial charge in [-0.3, -0.25) is 4.79 Å². The van der Waals surface area contributed by atoms with E-state index in [1.54, 1.807) is 0 Å². The Bertz CT molecular complexity index is 421. The summed E-state index contributed by atoms with van der Waals surface area (Å²) >= 11 is 0. The quantitative estimate of drug-likeness (QED) is 0.457. The predicted molar refractivity (Wildman–Crippen MR) is 60.2 cm³/mol. The Labute approximate surface area is 130 Å². The molecule has 0 unspecified atom stereocenters. The van der Waals surface area contributed by atoms with Gasteiger partial charge in [0.1, 0.15) is 10.1 Å². The van der Waals surface area contributed by atoms with Gasteiger partial charge in [-0.05, 0) is 56.3 Å². The van der Waals surface area contributed by atoms with Crippen molar-refractivity contribution in [2.45, 2.75) is 38.5 Å². The first-order chi connectivity index (χ1) is 7.86. The van der Waals surface area contributed by atoms with Crippen molar-refractivity contribution < 1.29 is 47.3 Å². The number of carbonyl (C=O) groups excluding carboxylic acids is 1. The smallest absolute Gasteiger partial charge is 0.748 e. The van der Waals surface area contributed by atoms with Crippen LogP contribution in [0.15, 0.2) is 0 Å². The molecular weight excluding hydrogens is 263 g/mol. The molecule has 4 aliphatic carbocycles. The Morgan fingerprint density at radius 3 is 1.78 bits per heavy atom. The van der Waals surface area contributed by atoms with E-state index in [4.69, 9.17) is 0 Å². The average molecular weight is 280 g/mol. The van der Waals surface area contributed by atoms with Crippen LogP contribution in [-0.2, 0) is 14.9 Å². The summed E-state index contributed by atoms with van der Waals surface area (Å²) in [5, 5.41) is 0. The number of ketones is 1. The summed E-state index contributed by atoms with van der Waals surface area (Å²) < 4.78 is 32.3. The first-order valence-corrected chi connectivity index (χ1v) is 7.91. The minimum absolute atomic E-state index is 0. The van der Waals surface area contributed by atoms with E-state index in [2.05, 4.69) is 0 Å². The minimum atomic E-state index is -4.42.